The van der Waals surface area contributed by atoms with Gasteiger partial charge in [0.25, 0.3) is 5.91 Å². The summed E-state index contributed by atoms with van der Waals surface area (Å²) in [5.74, 6) is 3.13. The van der Waals surface area contributed by atoms with Crippen molar-refractivity contribution in [2.75, 3.05) is 26.8 Å². The summed E-state index contributed by atoms with van der Waals surface area (Å²) in [5, 5.41) is 8.23. The molecule has 4 heterocycles. The molecule has 0 N–H and O–H groups in total. The molecule has 0 bridgehead atoms. The molecule has 3 aliphatic rings. The Hall–Kier alpha value is -2.26. The molecule has 0 radical (unpaired) electrons. The van der Waals surface area contributed by atoms with Gasteiger partial charge in [-0.3, -0.25) is 4.79 Å². The van der Waals surface area contributed by atoms with Gasteiger partial charge in [0.05, 0.1) is 17.8 Å². The zero-order valence-electron chi connectivity index (χ0n) is 19.0. The molecule has 2 aliphatic heterocycles. The molecule has 2 aromatic heterocycles. The predicted molar refractivity (Wildman–Crippen MR) is 113 cm³/mol. The fourth-order valence-corrected chi connectivity index (χ4v) is 5.22. The van der Waals surface area contributed by atoms with Gasteiger partial charge in [0.15, 0.2) is 11.5 Å². The first kappa shape index (κ1) is 21.6. The smallest absolute Gasteiger partial charge is 0.276 e. The maximum absolute atomic E-state index is 13.1. The summed E-state index contributed by atoms with van der Waals surface area (Å²) in [6.45, 7) is 4.16. The van der Waals surface area contributed by atoms with E-state index in [4.69, 9.17) is 18.5 Å². The number of amides is 1. The Morgan fingerprint density at radius 2 is 2.00 bits per heavy atom. The number of aromatic nitrogens is 3. The topological polar surface area (TPSA) is 104 Å². The highest BCUT2D eigenvalue weighted by atomic mass is 16.5. The number of piperidine rings is 1. The van der Waals surface area contributed by atoms with Crippen LogP contribution in [0.3, 0.4) is 0 Å². The summed E-state index contributed by atoms with van der Waals surface area (Å²) >= 11 is 0. The first-order valence-corrected chi connectivity index (χ1v) is 11.8. The van der Waals surface area contributed by atoms with Crippen LogP contribution in [0, 0.1) is 12.8 Å². The molecule has 5 rings (SSSR count). The minimum Gasteiger partial charge on any atom is -0.380 e. The summed E-state index contributed by atoms with van der Waals surface area (Å²) in [6.07, 6.45) is 8.06. The van der Waals surface area contributed by atoms with Gasteiger partial charge >= 0.3 is 0 Å². The molecular weight excluding hydrogens is 412 g/mol. The Morgan fingerprint density at radius 3 is 2.72 bits per heavy atom. The quantitative estimate of drug-likeness (QED) is 0.668. The van der Waals surface area contributed by atoms with Crippen LogP contribution >= 0.6 is 0 Å². The average molecular weight is 445 g/mol. The Labute approximate surface area is 187 Å². The van der Waals surface area contributed by atoms with E-state index in [9.17, 15) is 4.79 Å². The SMILES string of the molecule is COCc1c(C(=O)N2CCC3(CC2)CC(Cc2noc(C4CCC4)n2)CCO3)noc1C. The lowest BCUT2D eigenvalue weighted by Gasteiger charge is -2.46. The Kier molecular flexibility index (Phi) is 6.03. The number of methoxy groups -OCH3 is 1. The van der Waals surface area contributed by atoms with Crippen molar-refractivity contribution in [2.45, 2.75) is 76.4 Å². The first-order chi connectivity index (χ1) is 15.6. The van der Waals surface area contributed by atoms with Crippen molar-refractivity contribution < 1.29 is 23.3 Å². The highest BCUT2D eigenvalue weighted by Crippen LogP contribution is 2.40. The second kappa shape index (κ2) is 8.94. The lowest BCUT2D eigenvalue weighted by atomic mass is 9.78. The number of hydrogen-bond acceptors (Lipinski definition) is 8. The predicted octanol–water partition coefficient (Wildman–Crippen LogP) is 3.42. The second-order valence-electron chi connectivity index (χ2n) is 9.56. The van der Waals surface area contributed by atoms with Gasteiger partial charge in [0.2, 0.25) is 5.89 Å². The number of carbonyl (C=O) groups is 1. The van der Waals surface area contributed by atoms with E-state index < -0.39 is 0 Å². The molecule has 1 amide bonds. The average Bonchev–Trinajstić information content (AvgIpc) is 3.34. The monoisotopic (exact) mass is 444 g/mol. The standard InChI is InChI=1S/C23H32N4O5/c1-15-18(14-29-2)20(26-31-15)22(28)27-9-7-23(8-10-27)13-16(6-11-30-23)12-19-24-21(32-25-19)17-4-3-5-17/h16-17H,3-14H2,1-2H3. The van der Waals surface area contributed by atoms with Crippen molar-refractivity contribution in [3.05, 3.63) is 28.7 Å². The lowest BCUT2D eigenvalue weighted by molar-refractivity contribution is -0.123. The molecule has 1 spiro atoms. The molecule has 3 fully saturated rings. The Bertz CT molecular complexity index is 942. The van der Waals surface area contributed by atoms with E-state index in [-0.39, 0.29) is 11.5 Å². The van der Waals surface area contributed by atoms with E-state index in [1.54, 1.807) is 14.0 Å². The molecule has 9 heteroatoms. The van der Waals surface area contributed by atoms with Crippen LogP contribution in [0.25, 0.3) is 0 Å². The normalized spacial score (nSPS) is 23.4. The minimum atomic E-state index is -0.171. The molecule has 32 heavy (non-hydrogen) atoms. The van der Waals surface area contributed by atoms with Crippen molar-refractivity contribution in [1.29, 1.82) is 0 Å². The molecule has 2 saturated heterocycles. The third kappa shape index (κ3) is 4.20. The van der Waals surface area contributed by atoms with Crippen LogP contribution in [-0.4, -0.2) is 58.5 Å². The molecule has 1 atom stereocenters. The third-order valence-corrected chi connectivity index (χ3v) is 7.44. The summed E-state index contributed by atoms with van der Waals surface area (Å²) in [6, 6.07) is 0. The highest BCUT2D eigenvalue weighted by Gasteiger charge is 2.42. The van der Waals surface area contributed by atoms with Crippen LogP contribution in [0.2, 0.25) is 0 Å². The highest BCUT2D eigenvalue weighted by molar-refractivity contribution is 5.93. The number of hydrogen-bond donors (Lipinski definition) is 0. The summed E-state index contributed by atoms with van der Waals surface area (Å²) in [5.41, 5.74) is 0.922. The molecule has 1 unspecified atom stereocenters. The number of likely N-dealkylation sites (tertiary alicyclic amines) is 1. The second-order valence-corrected chi connectivity index (χ2v) is 9.56. The van der Waals surface area contributed by atoms with Crippen LogP contribution < -0.4 is 0 Å². The van der Waals surface area contributed by atoms with E-state index in [1.807, 2.05) is 4.90 Å². The molecule has 1 aliphatic carbocycles. The third-order valence-electron chi connectivity index (χ3n) is 7.44. The fourth-order valence-electron chi connectivity index (χ4n) is 5.22. The van der Waals surface area contributed by atoms with Gasteiger partial charge in [0, 0.05) is 39.1 Å². The maximum Gasteiger partial charge on any atom is 0.276 e. The van der Waals surface area contributed by atoms with Crippen LogP contribution in [0.15, 0.2) is 9.05 Å². The maximum atomic E-state index is 13.1. The Morgan fingerprint density at radius 1 is 1.19 bits per heavy atom. The van der Waals surface area contributed by atoms with Gasteiger partial charge in [0.1, 0.15) is 5.76 Å². The van der Waals surface area contributed by atoms with Gasteiger partial charge in [-0.2, -0.15) is 4.98 Å². The summed E-state index contributed by atoms with van der Waals surface area (Å²) in [7, 11) is 1.60. The van der Waals surface area contributed by atoms with E-state index in [0.29, 0.717) is 43.0 Å². The van der Waals surface area contributed by atoms with Crippen molar-refractivity contribution in [1.82, 2.24) is 20.2 Å². The number of aryl methyl sites for hydroxylation is 1. The minimum absolute atomic E-state index is 0.0913. The van der Waals surface area contributed by atoms with Gasteiger partial charge in [-0.1, -0.05) is 16.7 Å². The molecule has 0 aromatic carbocycles. The summed E-state index contributed by atoms with van der Waals surface area (Å²) < 4.78 is 22.2. The van der Waals surface area contributed by atoms with Crippen LogP contribution in [0.1, 0.15) is 84.4 Å². The van der Waals surface area contributed by atoms with Crippen LogP contribution in [-0.2, 0) is 22.5 Å². The van der Waals surface area contributed by atoms with E-state index in [2.05, 4.69) is 15.3 Å². The van der Waals surface area contributed by atoms with E-state index in [0.717, 1.165) is 68.8 Å². The zero-order valence-corrected chi connectivity index (χ0v) is 19.0. The van der Waals surface area contributed by atoms with Crippen molar-refractivity contribution in [3.63, 3.8) is 0 Å². The number of rotatable bonds is 6. The van der Waals surface area contributed by atoms with Gasteiger partial charge in [-0.15, -0.1) is 0 Å². The largest absolute Gasteiger partial charge is 0.380 e. The fraction of sp³-hybridized carbons (Fsp3) is 0.739. The van der Waals surface area contributed by atoms with E-state index in [1.165, 1.54) is 6.42 Å². The van der Waals surface area contributed by atoms with Crippen LogP contribution in [0.4, 0.5) is 0 Å². The lowest BCUT2D eigenvalue weighted by Crippen LogP contribution is -2.51. The van der Waals surface area contributed by atoms with Crippen LogP contribution in [0.5, 0.6) is 0 Å². The van der Waals surface area contributed by atoms with Crippen molar-refractivity contribution >= 4 is 5.91 Å². The molecule has 9 nitrogen and oxygen atoms in total. The van der Waals surface area contributed by atoms with Gasteiger partial charge < -0.3 is 23.4 Å². The first-order valence-electron chi connectivity index (χ1n) is 11.8. The molecule has 2 aromatic rings. The Balaban J connectivity index is 1.18. The van der Waals surface area contributed by atoms with Gasteiger partial charge in [-0.25, -0.2) is 0 Å². The summed E-state index contributed by atoms with van der Waals surface area (Å²) in [4.78, 5) is 19.6. The molecule has 1 saturated carbocycles. The zero-order chi connectivity index (χ0) is 22.1. The number of ether oxygens (including phenoxy) is 2. The van der Waals surface area contributed by atoms with E-state index >= 15 is 0 Å². The number of carbonyl (C=O) groups excluding carboxylic acids is 1. The van der Waals surface area contributed by atoms with Gasteiger partial charge in [-0.05, 0) is 51.4 Å². The molecular formula is C23H32N4O5. The van der Waals surface area contributed by atoms with Crippen molar-refractivity contribution in [2.24, 2.45) is 5.92 Å². The molecule has 174 valence electrons. The number of nitrogens with zero attached hydrogens (tertiary/aromatic N) is 4. The van der Waals surface area contributed by atoms with Crippen molar-refractivity contribution in [3.8, 4) is 0 Å².